The highest BCUT2D eigenvalue weighted by Gasteiger charge is 2.20. The zero-order valence-corrected chi connectivity index (χ0v) is 13.1. The van der Waals surface area contributed by atoms with Gasteiger partial charge in [-0.15, -0.1) is 0 Å². The van der Waals surface area contributed by atoms with Gasteiger partial charge in [0.1, 0.15) is 0 Å². The average Bonchev–Trinajstić information content (AvgIpc) is 2.38. The number of likely N-dealkylation sites (tertiary alicyclic amines) is 1. The number of hydrogen-bond donors (Lipinski definition) is 1. The Kier molecular flexibility index (Phi) is 4.69. The van der Waals surface area contributed by atoms with Crippen LogP contribution in [0.4, 0.5) is 5.69 Å². The molecule has 0 bridgehead atoms. The first-order valence-corrected chi connectivity index (χ1v) is 7.57. The van der Waals surface area contributed by atoms with Crippen molar-refractivity contribution in [2.45, 2.75) is 40.5 Å². The summed E-state index contributed by atoms with van der Waals surface area (Å²) in [6.45, 7) is 10.8. The smallest absolute Gasteiger partial charge is 0.241 e. The summed E-state index contributed by atoms with van der Waals surface area (Å²) in [5.74, 6) is 0.977. The molecule has 0 aliphatic carbocycles. The van der Waals surface area contributed by atoms with Gasteiger partial charge in [0.25, 0.3) is 0 Å². The molecule has 0 radical (unpaired) electrons. The van der Waals surface area contributed by atoms with Gasteiger partial charge in [0, 0.05) is 18.8 Å². The minimum atomic E-state index is 0.219. The van der Waals surface area contributed by atoms with E-state index in [-0.39, 0.29) is 5.91 Å². The van der Waals surface area contributed by atoms with Gasteiger partial charge in [-0.2, -0.15) is 0 Å². The number of nitrogens with zero attached hydrogens (tertiary/aromatic N) is 1. The van der Waals surface area contributed by atoms with E-state index in [2.05, 4.69) is 45.1 Å². The molecule has 0 saturated carbocycles. The van der Waals surface area contributed by atoms with Gasteiger partial charge in [-0.1, -0.05) is 24.6 Å². The topological polar surface area (TPSA) is 32.3 Å². The lowest BCUT2D eigenvalue weighted by Gasteiger charge is -2.30. The SMILES string of the molecule is Cc1cc(C)c(NCC(=O)N2CCC(C)CC2)c(C)c1. The molecule has 0 unspecified atom stereocenters. The third-order valence-electron chi connectivity index (χ3n) is 4.23. The molecule has 3 nitrogen and oxygen atoms in total. The Morgan fingerprint density at radius 2 is 1.75 bits per heavy atom. The molecule has 1 heterocycles. The van der Waals surface area contributed by atoms with E-state index >= 15 is 0 Å². The summed E-state index contributed by atoms with van der Waals surface area (Å²) in [5.41, 5.74) is 4.79. The van der Waals surface area contributed by atoms with Crippen LogP contribution in [0.3, 0.4) is 0 Å². The maximum atomic E-state index is 12.2. The fourth-order valence-electron chi connectivity index (χ4n) is 2.99. The molecule has 0 aromatic heterocycles. The van der Waals surface area contributed by atoms with Crippen LogP contribution in [-0.2, 0) is 4.79 Å². The zero-order chi connectivity index (χ0) is 14.7. The number of carbonyl (C=O) groups excluding carboxylic acids is 1. The van der Waals surface area contributed by atoms with Crippen LogP contribution in [0.15, 0.2) is 12.1 Å². The van der Waals surface area contributed by atoms with Crippen molar-refractivity contribution < 1.29 is 4.79 Å². The Morgan fingerprint density at radius 1 is 1.20 bits per heavy atom. The van der Waals surface area contributed by atoms with Crippen LogP contribution in [0.2, 0.25) is 0 Å². The maximum absolute atomic E-state index is 12.2. The van der Waals surface area contributed by atoms with Crippen molar-refractivity contribution in [3.05, 3.63) is 28.8 Å². The van der Waals surface area contributed by atoms with Crippen LogP contribution < -0.4 is 5.32 Å². The van der Waals surface area contributed by atoms with E-state index < -0.39 is 0 Å². The lowest BCUT2D eigenvalue weighted by atomic mass is 9.99. The van der Waals surface area contributed by atoms with E-state index in [0.717, 1.165) is 37.5 Å². The molecule has 0 atom stereocenters. The Labute approximate surface area is 122 Å². The summed E-state index contributed by atoms with van der Waals surface area (Å²) in [6, 6.07) is 4.31. The highest BCUT2D eigenvalue weighted by molar-refractivity contribution is 5.81. The second-order valence-corrected chi connectivity index (χ2v) is 6.19. The van der Waals surface area contributed by atoms with Crippen LogP contribution in [0, 0.1) is 26.7 Å². The zero-order valence-electron chi connectivity index (χ0n) is 13.1. The van der Waals surface area contributed by atoms with E-state index in [1.54, 1.807) is 0 Å². The highest BCUT2D eigenvalue weighted by atomic mass is 16.2. The largest absolute Gasteiger partial charge is 0.376 e. The van der Waals surface area contributed by atoms with Crippen molar-refractivity contribution in [1.29, 1.82) is 0 Å². The summed E-state index contributed by atoms with van der Waals surface area (Å²) in [6.07, 6.45) is 2.27. The molecule has 1 aliphatic rings. The van der Waals surface area contributed by atoms with Gasteiger partial charge in [0.2, 0.25) is 5.91 Å². The molecule has 1 fully saturated rings. The molecule has 1 amide bonds. The van der Waals surface area contributed by atoms with Crippen molar-refractivity contribution in [1.82, 2.24) is 4.90 Å². The molecule has 1 N–H and O–H groups in total. The van der Waals surface area contributed by atoms with Gasteiger partial charge in [-0.05, 0) is 50.7 Å². The predicted octanol–water partition coefficient (Wildman–Crippen LogP) is 3.28. The van der Waals surface area contributed by atoms with Crippen molar-refractivity contribution in [2.75, 3.05) is 25.0 Å². The molecule has 1 aromatic carbocycles. The van der Waals surface area contributed by atoms with Gasteiger partial charge < -0.3 is 10.2 Å². The monoisotopic (exact) mass is 274 g/mol. The second kappa shape index (κ2) is 6.29. The number of carbonyl (C=O) groups is 1. The molecule has 3 heteroatoms. The summed E-state index contributed by atoms with van der Waals surface area (Å²) in [7, 11) is 0. The Balaban J connectivity index is 1.94. The molecule has 110 valence electrons. The molecule has 1 aliphatic heterocycles. The molecular weight excluding hydrogens is 248 g/mol. The molecule has 0 spiro atoms. The Morgan fingerprint density at radius 3 is 2.30 bits per heavy atom. The van der Waals surface area contributed by atoms with Crippen LogP contribution >= 0.6 is 0 Å². The predicted molar refractivity (Wildman–Crippen MR) is 84.1 cm³/mol. The third kappa shape index (κ3) is 3.53. The minimum absolute atomic E-state index is 0.219. The van der Waals surface area contributed by atoms with Crippen LogP contribution in [0.1, 0.15) is 36.5 Å². The van der Waals surface area contributed by atoms with E-state index in [0.29, 0.717) is 6.54 Å². The van der Waals surface area contributed by atoms with E-state index in [1.807, 2.05) is 4.90 Å². The molecule has 20 heavy (non-hydrogen) atoms. The van der Waals surface area contributed by atoms with Crippen molar-refractivity contribution in [3.8, 4) is 0 Å². The van der Waals surface area contributed by atoms with Crippen molar-refractivity contribution >= 4 is 11.6 Å². The van der Waals surface area contributed by atoms with Gasteiger partial charge >= 0.3 is 0 Å². The first kappa shape index (κ1) is 14.9. The van der Waals surface area contributed by atoms with E-state index in [9.17, 15) is 4.79 Å². The standard InChI is InChI=1S/C17H26N2O/c1-12-5-7-19(8-6-12)16(20)11-18-17-14(3)9-13(2)10-15(17)4/h9-10,12,18H,5-8,11H2,1-4H3. The van der Waals surface area contributed by atoms with Gasteiger partial charge in [0.15, 0.2) is 0 Å². The van der Waals surface area contributed by atoms with Gasteiger partial charge in [0.05, 0.1) is 6.54 Å². The van der Waals surface area contributed by atoms with Crippen LogP contribution in [0.25, 0.3) is 0 Å². The minimum Gasteiger partial charge on any atom is -0.376 e. The fourth-order valence-corrected chi connectivity index (χ4v) is 2.99. The van der Waals surface area contributed by atoms with Gasteiger partial charge in [-0.3, -0.25) is 4.79 Å². The number of amides is 1. The maximum Gasteiger partial charge on any atom is 0.241 e. The molecule has 2 rings (SSSR count). The van der Waals surface area contributed by atoms with Crippen LogP contribution in [0.5, 0.6) is 0 Å². The number of piperidine rings is 1. The average molecular weight is 274 g/mol. The first-order valence-electron chi connectivity index (χ1n) is 7.57. The Bertz CT molecular complexity index is 465. The van der Waals surface area contributed by atoms with Crippen LogP contribution in [-0.4, -0.2) is 30.4 Å². The normalized spacial score (nSPS) is 16.3. The van der Waals surface area contributed by atoms with Gasteiger partial charge in [-0.25, -0.2) is 0 Å². The lowest BCUT2D eigenvalue weighted by Crippen LogP contribution is -2.41. The molecular formula is C17H26N2O. The van der Waals surface area contributed by atoms with Crippen molar-refractivity contribution in [2.24, 2.45) is 5.92 Å². The Hall–Kier alpha value is -1.51. The second-order valence-electron chi connectivity index (χ2n) is 6.19. The van der Waals surface area contributed by atoms with E-state index in [1.165, 1.54) is 16.7 Å². The number of hydrogen-bond acceptors (Lipinski definition) is 2. The summed E-state index contributed by atoms with van der Waals surface area (Å²) in [5, 5.41) is 3.33. The lowest BCUT2D eigenvalue weighted by molar-refractivity contribution is -0.130. The summed E-state index contributed by atoms with van der Waals surface area (Å²) >= 11 is 0. The number of nitrogens with one attached hydrogen (secondary N) is 1. The molecule has 1 saturated heterocycles. The number of anilines is 1. The first-order chi connectivity index (χ1) is 9.47. The number of benzene rings is 1. The van der Waals surface area contributed by atoms with Crippen molar-refractivity contribution in [3.63, 3.8) is 0 Å². The highest BCUT2D eigenvalue weighted by Crippen LogP contribution is 2.22. The number of aryl methyl sites for hydroxylation is 3. The fraction of sp³-hybridized carbons (Fsp3) is 0.588. The quantitative estimate of drug-likeness (QED) is 0.917. The molecule has 1 aromatic rings. The third-order valence-corrected chi connectivity index (χ3v) is 4.23. The summed E-state index contributed by atoms with van der Waals surface area (Å²) < 4.78 is 0. The summed E-state index contributed by atoms with van der Waals surface area (Å²) in [4.78, 5) is 14.2. The number of rotatable bonds is 3. The van der Waals surface area contributed by atoms with E-state index in [4.69, 9.17) is 0 Å².